The average Bonchev–Trinajstić information content (AvgIpc) is 3.04. The Balaban J connectivity index is 2.03. The molecule has 144 valence electrons. The molecule has 2 aromatic carbocycles. The van der Waals surface area contributed by atoms with Crippen molar-refractivity contribution in [3.05, 3.63) is 70.6 Å². The van der Waals surface area contributed by atoms with E-state index in [-0.39, 0.29) is 12.5 Å². The van der Waals surface area contributed by atoms with Crippen LogP contribution in [0.25, 0.3) is 11.1 Å². The molecule has 0 saturated carbocycles. The number of aryl methyl sites for hydroxylation is 1. The first kappa shape index (κ1) is 19.6. The highest BCUT2D eigenvalue weighted by Gasteiger charge is 2.25. The second kappa shape index (κ2) is 8.71. The van der Waals surface area contributed by atoms with E-state index >= 15 is 0 Å². The van der Waals surface area contributed by atoms with Crippen molar-refractivity contribution in [2.45, 2.75) is 13.8 Å². The first-order valence-corrected chi connectivity index (χ1v) is 9.68. The van der Waals surface area contributed by atoms with E-state index in [1.54, 1.807) is 38.3 Å². The third-order valence-electron chi connectivity index (χ3n) is 4.19. The number of amides is 1. The molecule has 0 fully saturated rings. The molecule has 3 aromatic rings. The minimum absolute atomic E-state index is 0.255. The first-order chi connectivity index (χ1) is 13.5. The quantitative estimate of drug-likeness (QED) is 0.586. The Kier molecular flexibility index (Phi) is 6.11. The van der Waals surface area contributed by atoms with Gasteiger partial charge in [-0.25, -0.2) is 4.79 Å². The van der Waals surface area contributed by atoms with Crippen LogP contribution in [-0.4, -0.2) is 25.6 Å². The number of methoxy groups -OCH3 is 1. The van der Waals surface area contributed by atoms with Crippen LogP contribution in [0.5, 0.6) is 5.75 Å². The molecule has 1 amide bonds. The highest BCUT2D eigenvalue weighted by Crippen LogP contribution is 2.40. The van der Waals surface area contributed by atoms with E-state index in [2.05, 4.69) is 5.32 Å². The maximum absolute atomic E-state index is 12.8. The topological polar surface area (TPSA) is 64.6 Å². The molecular formula is C22H21NO4S. The third kappa shape index (κ3) is 4.07. The molecule has 3 rings (SSSR count). The van der Waals surface area contributed by atoms with E-state index in [1.165, 1.54) is 11.3 Å². The second-order valence-corrected chi connectivity index (χ2v) is 7.23. The monoisotopic (exact) mass is 395 g/mol. The van der Waals surface area contributed by atoms with Crippen LogP contribution in [-0.2, 0) is 4.74 Å². The summed E-state index contributed by atoms with van der Waals surface area (Å²) in [4.78, 5) is 26.4. The Bertz CT molecular complexity index is 995. The highest BCUT2D eigenvalue weighted by molar-refractivity contribution is 7.17. The summed E-state index contributed by atoms with van der Waals surface area (Å²) in [7, 11) is 1.55. The molecule has 0 atom stereocenters. The van der Waals surface area contributed by atoms with Gasteiger partial charge in [-0.05, 0) is 37.6 Å². The Morgan fingerprint density at radius 1 is 1.07 bits per heavy atom. The highest BCUT2D eigenvalue weighted by atomic mass is 32.1. The SMILES string of the molecule is CCOC(=O)c1c(NC(=O)c2cccc(OC)c2)sc(C)c1-c1ccccc1. The van der Waals surface area contributed by atoms with Gasteiger partial charge in [0.15, 0.2) is 0 Å². The Morgan fingerprint density at radius 2 is 1.82 bits per heavy atom. The fourth-order valence-electron chi connectivity index (χ4n) is 2.92. The van der Waals surface area contributed by atoms with E-state index in [4.69, 9.17) is 9.47 Å². The van der Waals surface area contributed by atoms with Crippen molar-refractivity contribution < 1.29 is 19.1 Å². The maximum Gasteiger partial charge on any atom is 0.341 e. The van der Waals surface area contributed by atoms with E-state index in [1.807, 2.05) is 37.3 Å². The van der Waals surface area contributed by atoms with Crippen molar-refractivity contribution in [3.63, 3.8) is 0 Å². The Morgan fingerprint density at radius 3 is 2.50 bits per heavy atom. The number of ether oxygens (including phenoxy) is 2. The van der Waals surface area contributed by atoms with Crippen LogP contribution in [0.3, 0.4) is 0 Å². The van der Waals surface area contributed by atoms with Gasteiger partial charge in [-0.15, -0.1) is 11.3 Å². The molecule has 0 unspecified atom stereocenters. The molecule has 5 nitrogen and oxygen atoms in total. The number of carbonyl (C=O) groups is 2. The van der Waals surface area contributed by atoms with Gasteiger partial charge in [0.25, 0.3) is 5.91 Å². The van der Waals surface area contributed by atoms with Gasteiger partial charge in [0, 0.05) is 16.0 Å². The number of rotatable bonds is 6. The largest absolute Gasteiger partial charge is 0.497 e. The zero-order valence-corrected chi connectivity index (χ0v) is 16.8. The summed E-state index contributed by atoms with van der Waals surface area (Å²) in [6.07, 6.45) is 0. The summed E-state index contributed by atoms with van der Waals surface area (Å²) >= 11 is 1.36. The number of benzene rings is 2. The predicted octanol–water partition coefficient (Wildman–Crippen LogP) is 5.16. The molecule has 1 heterocycles. The van der Waals surface area contributed by atoms with Crippen LogP contribution >= 0.6 is 11.3 Å². The predicted molar refractivity (Wildman–Crippen MR) is 111 cm³/mol. The lowest BCUT2D eigenvalue weighted by molar-refractivity contribution is 0.0529. The molecule has 0 spiro atoms. The lowest BCUT2D eigenvalue weighted by Gasteiger charge is -2.09. The number of thiophene rings is 1. The first-order valence-electron chi connectivity index (χ1n) is 8.86. The smallest absolute Gasteiger partial charge is 0.341 e. The van der Waals surface area contributed by atoms with Crippen molar-refractivity contribution in [3.8, 4) is 16.9 Å². The van der Waals surface area contributed by atoms with Crippen LogP contribution in [0.4, 0.5) is 5.00 Å². The van der Waals surface area contributed by atoms with Crippen LogP contribution in [0.1, 0.15) is 32.5 Å². The Labute approximate surface area is 167 Å². The molecule has 1 N–H and O–H groups in total. The zero-order chi connectivity index (χ0) is 20.1. The van der Waals surface area contributed by atoms with Crippen LogP contribution in [0, 0.1) is 6.92 Å². The van der Waals surface area contributed by atoms with Gasteiger partial charge in [0.05, 0.1) is 13.7 Å². The second-order valence-electron chi connectivity index (χ2n) is 6.01. The normalized spacial score (nSPS) is 10.4. The maximum atomic E-state index is 12.8. The molecule has 0 aliphatic heterocycles. The summed E-state index contributed by atoms with van der Waals surface area (Å²) in [5.74, 6) is -0.178. The van der Waals surface area contributed by atoms with Gasteiger partial charge in [-0.1, -0.05) is 36.4 Å². The van der Waals surface area contributed by atoms with Crippen molar-refractivity contribution in [2.75, 3.05) is 19.0 Å². The van der Waals surface area contributed by atoms with Gasteiger partial charge in [-0.3, -0.25) is 4.79 Å². The van der Waals surface area contributed by atoms with Crippen LogP contribution in [0.15, 0.2) is 54.6 Å². The Hall–Kier alpha value is -3.12. The molecule has 0 bridgehead atoms. The summed E-state index contributed by atoms with van der Waals surface area (Å²) in [6.45, 7) is 3.94. The van der Waals surface area contributed by atoms with Gasteiger partial charge in [-0.2, -0.15) is 0 Å². The number of carbonyl (C=O) groups excluding carboxylic acids is 2. The average molecular weight is 395 g/mol. The fraction of sp³-hybridized carbons (Fsp3) is 0.182. The molecule has 1 aromatic heterocycles. The summed E-state index contributed by atoms with van der Waals surface area (Å²) in [5.41, 5.74) is 2.51. The lowest BCUT2D eigenvalue weighted by atomic mass is 10.0. The number of hydrogen-bond donors (Lipinski definition) is 1. The van der Waals surface area contributed by atoms with Gasteiger partial charge in [0.1, 0.15) is 16.3 Å². The molecule has 0 aliphatic carbocycles. The van der Waals surface area contributed by atoms with Crippen molar-refractivity contribution >= 4 is 28.2 Å². The third-order valence-corrected chi connectivity index (χ3v) is 5.21. The van der Waals surface area contributed by atoms with E-state index in [9.17, 15) is 9.59 Å². The fourth-order valence-corrected chi connectivity index (χ4v) is 3.98. The number of hydrogen-bond acceptors (Lipinski definition) is 5. The molecule has 0 radical (unpaired) electrons. The molecule has 0 saturated heterocycles. The summed E-state index contributed by atoms with van der Waals surface area (Å²) in [5, 5.41) is 3.35. The lowest BCUT2D eigenvalue weighted by Crippen LogP contribution is -2.15. The van der Waals surface area contributed by atoms with Crippen LogP contribution in [0.2, 0.25) is 0 Å². The molecule has 0 aliphatic rings. The van der Waals surface area contributed by atoms with Gasteiger partial charge in [0.2, 0.25) is 0 Å². The van der Waals surface area contributed by atoms with Crippen molar-refractivity contribution in [2.24, 2.45) is 0 Å². The zero-order valence-electron chi connectivity index (χ0n) is 15.9. The van der Waals surface area contributed by atoms with Crippen molar-refractivity contribution in [1.82, 2.24) is 0 Å². The minimum atomic E-state index is -0.452. The summed E-state index contributed by atoms with van der Waals surface area (Å²) < 4.78 is 10.4. The molecular weight excluding hydrogens is 374 g/mol. The number of esters is 1. The van der Waals surface area contributed by atoms with E-state index in [0.717, 1.165) is 16.0 Å². The molecule has 28 heavy (non-hydrogen) atoms. The number of anilines is 1. The van der Waals surface area contributed by atoms with Crippen LogP contribution < -0.4 is 10.1 Å². The summed E-state index contributed by atoms with van der Waals surface area (Å²) in [6, 6.07) is 16.5. The number of nitrogens with one attached hydrogen (secondary N) is 1. The van der Waals surface area contributed by atoms with Crippen molar-refractivity contribution in [1.29, 1.82) is 0 Å². The van der Waals surface area contributed by atoms with Gasteiger partial charge >= 0.3 is 5.97 Å². The minimum Gasteiger partial charge on any atom is -0.497 e. The van der Waals surface area contributed by atoms with E-state index < -0.39 is 5.97 Å². The standard InChI is InChI=1S/C22H21NO4S/c1-4-27-22(25)19-18(15-9-6-5-7-10-15)14(2)28-21(19)23-20(24)16-11-8-12-17(13-16)26-3/h5-13H,4H2,1-3H3,(H,23,24). The molecule has 6 heteroatoms. The van der Waals surface area contributed by atoms with Gasteiger partial charge < -0.3 is 14.8 Å². The van der Waals surface area contributed by atoms with E-state index in [0.29, 0.717) is 21.9 Å².